The van der Waals surface area contributed by atoms with Gasteiger partial charge in [-0.1, -0.05) is 39.0 Å². The minimum atomic E-state index is -0.420. The van der Waals surface area contributed by atoms with E-state index in [1.165, 1.54) is 4.88 Å². The molecule has 0 saturated carbocycles. The highest BCUT2D eigenvalue weighted by atomic mass is 32.1. The topological polar surface area (TPSA) is 78.1 Å². The second-order valence-electron chi connectivity index (χ2n) is 8.68. The van der Waals surface area contributed by atoms with E-state index < -0.39 is 5.91 Å². The second-order valence-corrected chi connectivity index (χ2v) is 10.2. The average molecular weight is 438 g/mol. The lowest BCUT2D eigenvalue weighted by Gasteiger charge is -2.33. The number of hydrogen-bond acceptors (Lipinski definition) is 5. The van der Waals surface area contributed by atoms with Crippen molar-refractivity contribution in [3.05, 3.63) is 52.1 Å². The van der Waals surface area contributed by atoms with Crippen molar-refractivity contribution < 1.29 is 9.21 Å². The first kappa shape index (κ1) is 20.6. The van der Waals surface area contributed by atoms with Gasteiger partial charge in [-0.25, -0.2) is 0 Å². The third-order valence-corrected chi connectivity index (χ3v) is 7.08. The molecule has 1 amide bonds. The van der Waals surface area contributed by atoms with Gasteiger partial charge in [-0.3, -0.25) is 10.1 Å². The van der Waals surface area contributed by atoms with Crippen LogP contribution in [-0.4, -0.2) is 11.0 Å². The van der Waals surface area contributed by atoms with Gasteiger partial charge in [-0.05, 0) is 60.5 Å². The molecule has 1 aromatic carbocycles. The zero-order valence-electron chi connectivity index (χ0n) is 17.2. The van der Waals surface area contributed by atoms with Crippen molar-refractivity contribution in [3.63, 3.8) is 0 Å². The number of hydrogen-bond donors (Lipinski definition) is 2. The molecule has 2 aromatic heterocycles. The first-order valence-corrected chi connectivity index (χ1v) is 11.1. The zero-order valence-corrected chi connectivity index (χ0v) is 18.8. The van der Waals surface area contributed by atoms with Gasteiger partial charge in [-0.15, -0.1) is 11.3 Å². The van der Waals surface area contributed by atoms with Gasteiger partial charge in [0.05, 0.1) is 5.56 Å². The first-order valence-electron chi connectivity index (χ1n) is 9.92. The summed E-state index contributed by atoms with van der Waals surface area (Å²) < 4.78 is 5.59. The maximum atomic E-state index is 12.5. The molecule has 1 aliphatic rings. The van der Waals surface area contributed by atoms with Gasteiger partial charge in [0.25, 0.3) is 5.91 Å². The molecule has 7 heteroatoms. The summed E-state index contributed by atoms with van der Waals surface area (Å²) in [6, 6.07) is 11.4. The van der Waals surface area contributed by atoms with Gasteiger partial charge >= 0.3 is 0 Å². The van der Waals surface area contributed by atoms with Crippen molar-refractivity contribution in [2.24, 2.45) is 11.3 Å². The van der Waals surface area contributed by atoms with E-state index in [0.29, 0.717) is 22.1 Å². The molecule has 1 aliphatic carbocycles. The van der Waals surface area contributed by atoms with E-state index in [1.807, 2.05) is 24.3 Å². The molecule has 2 heterocycles. The molecule has 3 aromatic rings. The molecule has 0 aliphatic heterocycles. The summed E-state index contributed by atoms with van der Waals surface area (Å²) in [5.41, 5.74) is 2.64. The highest BCUT2D eigenvalue weighted by molar-refractivity contribution is 7.80. The fourth-order valence-corrected chi connectivity index (χ4v) is 5.47. The highest BCUT2D eigenvalue weighted by Gasteiger charge is 2.32. The number of nitrogens with zero attached hydrogens (tertiary/aromatic N) is 1. The molecule has 0 radical (unpaired) electrons. The standard InChI is InChI=1S/C23H23N3O2S2/c1-23(2,3)14-8-9-15-16(12-24)21(30-19(15)11-14)26-22(29)25-20(27)18-10-13-6-4-5-7-17(13)28-18/h4-7,10,14H,8-9,11H2,1-3H3,(H2,25,26,27,29). The number of amides is 1. The number of carbonyl (C=O) groups excluding carboxylic acids is 1. The number of benzene rings is 1. The number of nitrogens with one attached hydrogen (secondary N) is 2. The van der Waals surface area contributed by atoms with E-state index >= 15 is 0 Å². The normalized spacial score (nSPS) is 16.0. The van der Waals surface area contributed by atoms with Crippen LogP contribution < -0.4 is 10.6 Å². The lowest BCUT2D eigenvalue weighted by Crippen LogP contribution is -2.33. The SMILES string of the molecule is CC(C)(C)C1CCc2c(sc(NC(=S)NC(=O)c3cc4ccccc4o3)c2C#N)C1. The fraction of sp³-hybridized carbons (Fsp3) is 0.348. The Balaban J connectivity index is 1.49. The third kappa shape index (κ3) is 3.98. The molecular weight excluding hydrogens is 414 g/mol. The number of thiophene rings is 1. The number of nitriles is 1. The Kier molecular flexibility index (Phi) is 5.39. The molecule has 0 saturated heterocycles. The van der Waals surface area contributed by atoms with E-state index in [4.69, 9.17) is 16.6 Å². The summed E-state index contributed by atoms with van der Waals surface area (Å²) in [5.74, 6) is 0.360. The van der Waals surface area contributed by atoms with Crippen molar-refractivity contribution in [2.45, 2.75) is 40.0 Å². The van der Waals surface area contributed by atoms with E-state index in [0.717, 1.165) is 30.2 Å². The molecule has 0 bridgehead atoms. The highest BCUT2D eigenvalue weighted by Crippen LogP contribution is 2.43. The minimum absolute atomic E-state index is 0.155. The summed E-state index contributed by atoms with van der Waals surface area (Å²) in [6.45, 7) is 6.80. The van der Waals surface area contributed by atoms with Crippen LogP contribution >= 0.6 is 23.6 Å². The smallest absolute Gasteiger partial charge is 0.293 e. The van der Waals surface area contributed by atoms with Crippen molar-refractivity contribution in [2.75, 3.05) is 5.32 Å². The van der Waals surface area contributed by atoms with Gasteiger partial charge < -0.3 is 9.73 Å². The quantitative estimate of drug-likeness (QED) is 0.507. The summed E-state index contributed by atoms with van der Waals surface area (Å²) in [4.78, 5) is 13.8. The number of rotatable bonds is 2. The van der Waals surface area contributed by atoms with Gasteiger partial charge in [-0.2, -0.15) is 5.26 Å². The van der Waals surface area contributed by atoms with Crippen LogP contribution in [0.2, 0.25) is 0 Å². The molecule has 1 unspecified atom stereocenters. The minimum Gasteiger partial charge on any atom is -0.451 e. The summed E-state index contributed by atoms with van der Waals surface area (Å²) in [5, 5.41) is 17.1. The lowest BCUT2D eigenvalue weighted by molar-refractivity contribution is 0.0953. The largest absolute Gasteiger partial charge is 0.451 e. The maximum Gasteiger partial charge on any atom is 0.293 e. The number of para-hydroxylation sites is 1. The van der Waals surface area contributed by atoms with Crippen molar-refractivity contribution >= 4 is 50.5 Å². The van der Waals surface area contributed by atoms with E-state index in [2.05, 4.69) is 37.5 Å². The Labute approximate surface area is 185 Å². The monoisotopic (exact) mass is 437 g/mol. The number of fused-ring (bicyclic) bond motifs is 2. The molecule has 4 rings (SSSR count). The average Bonchev–Trinajstić information content (AvgIpc) is 3.27. The lowest BCUT2D eigenvalue weighted by atomic mass is 9.72. The Bertz CT molecular complexity index is 1140. The number of anilines is 1. The molecule has 2 N–H and O–H groups in total. The Morgan fingerprint density at radius 1 is 1.33 bits per heavy atom. The van der Waals surface area contributed by atoms with Crippen LogP contribution in [0.1, 0.15) is 53.8 Å². The van der Waals surface area contributed by atoms with Crippen LogP contribution in [0.3, 0.4) is 0 Å². The van der Waals surface area contributed by atoms with Crippen molar-refractivity contribution in [1.29, 1.82) is 5.26 Å². The van der Waals surface area contributed by atoms with Crippen LogP contribution in [0.5, 0.6) is 0 Å². The Morgan fingerprint density at radius 2 is 2.10 bits per heavy atom. The van der Waals surface area contributed by atoms with E-state index in [-0.39, 0.29) is 16.3 Å². The Morgan fingerprint density at radius 3 is 2.80 bits per heavy atom. The number of furan rings is 1. The van der Waals surface area contributed by atoms with Crippen LogP contribution in [0.25, 0.3) is 11.0 Å². The zero-order chi connectivity index (χ0) is 21.5. The van der Waals surface area contributed by atoms with E-state index in [1.54, 1.807) is 17.4 Å². The predicted molar refractivity (Wildman–Crippen MR) is 124 cm³/mol. The molecular formula is C23H23N3O2S2. The van der Waals surface area contributed by atoms with Crippen LogP contribution in [-0.2, 0) is 12.8 Å². The Hall–Kier alpha value is -2.69. The molecule has 154 valence electrons. The predicted octanol–water partition coefficient (Wildman–Crippen LogP) is 5.64. The first-order chi connectivity index (χ1) is 14.3. The van der Waals surface area contributed by atoms with Crippen molar-refractivity contribution in [1.82, 2.24) is 5.32 Å². The van der Waals surface area contributed by atoms with Gasteiger partial charge in [0.2, 0.25) is 0 Å². The number of thiocarbonyl (C=S) groups is 1. The van der Waals surface area contributed by atoms with Gasteiger partial charge in [0.1, 0.15) is 16.7 Å². The number of carbonyl (C=O) groups is 1. The fourth-order valence-electron chi connectivity index (χ4n) is 3.92. The van der Waals surface area contributed by atoms with Crippen LogP contribution in [0.4, 0.5) is 5.00 Å². The van der Waals surface area contributed by atoms with E-state index in [9.17, 15) is 10.1 Å². The molecule has 0 spiro atoms. The van der Waals surface area contributed by atoms with Crippen molar-refractivity contribution in [3.8, 4) is 6.07 Å². The molecule has 30 heavy (non-hydrogen) atoms. The van der Waals surface area contributed by atoms with Gasteiger partial charge in [0, 0.05) is 10.3 Å². The maximum absolute atomic E-state index is 12.5. The summed E-state index contributed by atoms with van der Waals surface area (Å²) >= 11 is 6.90. The summed E-state index contributed by atoms with van der Waals surface area (Å²) in [7, 11) is 0. The second kappa shape index (κ2) is 7.86. The third-order valence-electron chi connectivity index (χ3n) is 5.71. The molecule has 5 nitrogen and oxygen atoms in total. The molecule has 1 atom stereocenters. The summed E-state index contributed by atoms with van der Waals surface area (Å²) in [6.07, 6.45) is 2.95. The molecule has 0 fully saturated rings. The van der Waals surface area contributed by atoms with Gasteiger partial charge in [0.15, 0.2) is 10.9 Å². The van der Waals surface area contributed by atoms with Crippen LogP contribution in [0, 0.1) is 22.7 Å². The van der Waals surface area contributed by atoms with Crippen LogP contribution in [0.15, 0.2) is 34.7 Å².